The van der Waals surface area contributed by atoms with E-state index in [1.165, 1.54) is 18.2 Å². The molecule has 0 saturated heterocycles. The van der Waals surface area contributed by atoms with E-state index in [0.717, 1.165) is 21.5 Å². The summed E-state index contributed by atoms with van der Waals surface area (Å²) in [7, 11) is 0. The van der Waals surface area contributed by atoms with Crippen LogP contribution >= 0.6 is 0 Å². The summed E-state index contributed by atoms with van der Waals surface area (Å²) in [5, 5.41) is 22.7. The highest BCUT2D eigenvalue weighted by atomic mass is 16.5. The zero-order chi connectivity index (χ0) is 18.1. The molecule has 0 spiro atoms. The zero-order valence-corrected chi connectivity index (χ0v) is 13.8. The van der Waals surface area contributed by atoms with Crippen LogP contribution in [-0.4, -0.2) is 16.2 Å². The third-order valence-corrected chi connectivity index (χ3v) is 4.31. The molecule has 0 aliphatic carbocycles. The Morgan fingerprint density at radius 2 is 1.31 bits per heavy atom. The molecule has 26 heavy (non-hydrogen) atoms. The first-order valence-corrected chi connectivity index (χ1v) is 8.21. The maximum absolute atomic E-state index is 12.9. The summed E-state index contributed by atoms with van der Waals surface area (Å²) in [5.74, 6) is -0.598. The van der Waals surface area contributed by atoms with Crippen LogP contribution in [0, 0.1) is 0 Å². The summed E-state index contributed by atoms with van der Waals surface area (Å²) in [6.45, 7) is -0.0433. The van der Waals surface area contributed by atoms with E-state index < -0.39 is 5.97 Å². The van der Waals surface area contributed by atoms with Crippen LogP contribution in [0.2, 0.25) is 0 Å². The van der Waals surface area contributed by atoms with Gasteiger partial charge >= 0.3 is 5.97 Å². The Morgan fingerprint density at radius 3 is 1.88 bits per heavy atom. The van der Waals surface area contributed by atoms with Crippen molar-refractivity contribution < 1.29 is 19.7 Å². The van der Waals surface area contributed by atoms with Crippen LogP contribution in [0.25, 0.3) is 21.5 Å². The summed E-state index contributed by atoms with van der Waals surface area (Å²) in [5.41, 5.74) is 1.03. The van der Waals surface area contributed by atoms with Gasteiger partial charge in [0.2, 0.25) is 0 Å². The second-order valence-electron chi connectivity index (χ2n) is 6.13. The molecule has 0 atom stereocenters. The van der Waals surface area contributed by atoms with Gasteiger partial charge in [-0.2, -0.15) is 0 Å². The van der Waals surface area contributed by atoms with Gasteiger partial charge in [0.05, 0.1) is 5.56 Å². The van der Waals surface area contributed by atoms with Crippen molar-refractivity contribution in [1.82, 2.24) is 0 Å². The first kappa shape index (κ1) is 16.0. The molecular formula is C22H16O4. The van der Waals surface area contributed by atoms with Gasteiger partial charge in [0.15, 0.2) is 0 Å². The van der Waals surface area contributed by atoms with Gasteiger partial charge in [0, 0.05) is 6.07 Å². The fourth-order valence-corrected chi connectivity index (χ4v) is 3.19. The minimum Gasteiger partial charge on any atom is -0.508 e. The number of hydrogen-bond donors (Lipinski definition) is 2. The monoisotopic (exact) mass is 344 g/mol. The van der Waals surface area contributed by atoms with Gasteiger partial charge < -0.3 is 14.9 Å². The molecule has 0 saturated carbocycles. The number of carbonyl (C=O) groups is 1. The lowest BCUT2D eigenvalue weighted by molar-refractivity contribution is 0.0476. The number of benzene rings is 4. The number of fused-ring (bicyclic) bond motifs is 2. The van der Waals surface area contributed by atoms with Crippen LogP contribution in [0.1, 0.15) is 15.9 Å². The Kier molecular flexibility index (Phi) is 3.93. The number of carbonyl (C=O) groups excluding carboxylic acids is 1. The molecular weight excluding hydrogens is 328 g/mol. The topological polar surface area (TPSA) is 66.8 Å². The number of phenolic OH excluding ortho intramolecular Hbond substituents is 2. The summed E-state index contributed by atoms with van der Waals surface area (Å²) in [6.07, 6.45) is 0. The van der Waals surface area contributed by atoms with Crippen molar-refractivity contribution in [3.63, 3.8) is 0 Å². The number of ether oxygens (including phenoxy) is 1. The standard InChI is InChI=1S/C22H16O4/c23-17-9-14(10-18(24)12-17)13-26-22(25)21-19-7-3-1-5-15(19)11-16-6-2-4-8-20(16)21/h1-12,23-24H,13H2. The summed E-state index contributed by atoms with van der Waals surface area (Å²) < 4.78 is 5.48. The molecule has 0 radical (unpaired) electrons. The Balaban J connectivity index is 1.75. The number of esters is 1. The van der Waals surface area contributed by atoms with Crippen LogP contribution < -0.4 is 0 Å². The second kappa shape index (κ2) is 6.41. The van der Waals surface area contributed by atoms with E-state index in [4.69, 9.17) is 4.74 Å². The molecule has 0 amide bonds. The Morgan fingerprint density at radius 1 is 0.769 bits per heavy atom. The molecule has 4 aromatic rings. The summed E-state index contributed by atoms with van der Waals surface area (Å²) in [6, 6.07) is 21.6. The van der Waals surface area contributed by atoms with Crippen molar-refractivity contribution in [3.05, 3.63) is 83.9 Å². The summed E-state index contributed by atoms with van der Waals surface area (Å²) >= 11 is 0. The molecule has 4 heteroatoms. The highest BCUT2D eigenvalue weighted by molar-refractivity contribution is 6.16. The SMILES string of the molecule is O=C(OCc1cc(O)cc(O)c1)c1c2ccccc2cc2ccccc12. The predicted octanol–water partition coefficient (Wildman–Crippen LogP) is 4.76. The summed E-state index contributed by atoms with van der Waals surface area (Å²) in [4.78, 5) is 12.9. The first-order chi connectivity index (χ1) is 12.6. The van der Waals surface area contributed by atoms with Gasteiger partial charge in [-0.3, -0.25) is 0 Å². The lowest BCUT2D eigenvalue weighted by Crippen LogP contribution is -2.07. The Bertz CT molecular complexity index is 1060. The minimum absolute atomic E-state index is 0.0433. The van der Waals surface area contributed by atoms with Gasteiger partial charge in [0.1, 0.15) is 18.1 Å². The van der Waals surface area contributed by atoms with Gasteiger partial charge in [-0.15, -0.1) is 0 Å². The molecule has 0 aliphatic rings. The van der Waals surface area contributed by atoms with E-state index in [1.54, 1.807) is 0 Å². The van der Waals surface area contributed by atoms with Crippen LogP contribution in [0.5, 0.6) is 11.5 Å². The third-order valence-electron chi connectivity index (χ3n) is 4.31. The number of hydrogen-bond acceptors (Lipinski definition) is 4. The highest BCUT2D eigenvalue weighted by Crippen LogP contribution is 2.29. The van der Waals surface area contributed by atoms with Gasteiger partial charge in [-0.25, -0.2) is 4.79 Å². The average Bonchev–Trinajstić information content (AvgIpc) is 2.63. The van der Waals surface area contributed by atoms with E-state index in [9.17, 15) is 15.0 Å². The number of aromatic hydroxyl groups is 2. The van der Waals surface area contributed by atoms with Gasteiger partial charge in [-0.05, 0) is 45.3 Å². The number of phenols is 2. The van der Waals surface area contributed by atoms with Crippen LogP contribution in [0.3, 0.4) is 0 Å². The van der Waals surface area contributed by atoms with Crippen molar-refractivity contribution in [2.75, 3.05) is 0 Å². The maximum atomic E-state index is 12.9. The van der Waals surface area contributed by atoms with E-state index in [0.29, 0.717) is 11.1 Å². The lowest BCUT2D eigenvalue weighted by Gasteiger charge is -2.12. The molecule has 0 aromatic heterocycles. The molecule has 0 fully saturated rings. The molecule has 128 valence electrons. The van der Waals surface area contributed by atoms with Crippen molar-refractivity contribution in [2.24, 2.45) is 0 Å². The van der Waals surface area contributed by atoms with E-state index in [2.05, 4.69) is 6.07 Å². The van der Waals surface area contributed by atoms with Crippen molar-refractivity contribution in [2.45, 2.75) is 6.61 Å². The van der Waals surface area contributed by atoms with Crippen LogP contribution in [0.15, 0.2) is 72.8 Å². The molecule has 2 N–H and O–H groups in total. The Labute approximate surface area is 149 Å². The quantitative estimate of drug-likeness (QED) is 0.415. The molecule has 0 heterocycles. The fourth-order valence-electron chi connectivity index (χ4n) is 3.19. The van der Waals surface area contributed by atoms with Crippen molar-refractivity contribution >= 4 is 27.5 Å². The fraction of sp³-hybridized carbons (Fsp3) is 0.0455. The normalized spacial score (nSPS) is 10.9. The van der Waals surface area contributed by atoms with Crippen molar-refractivity contribution in [1.29, 1.82) is 0 Å². The van der Waals surface area contributed by atoms with E-state index in [-0.39, 0.29) is 18.1 Å². The highest BCUT2D eigenvalue weighted by Gasteiger charge is 2.16. The molecule has 0 unspecified atom stereocenters. The van der Waals surface area contributed by atoms with Crippen LogP contribution in [-0.2, 0) is 11.3 Å². The maximum Gasteiger partial charge on any atom is 0.339 e. The smallest absolute Gasteiger partial charge is 0.339 e. The molecule has 0 bridgehead atoms. The molecule has 4 nitrogen and oxygen atoms in total. The van der Waals surface area contributed by atoms with Gasteiger partial charge in [-0.1, -0.05) is 48.5 Å². The third kappa shape index (κ3) is 2.93. The van der Waals surface area contributed by atoms with E-state index in [1.807, 2.05) is 48.5 Å². The number of rotatable bonds is 3. The Hall–Kier alpha value is -3.53. The molecule has 0 aliphatic heterocycles. The van der Waals surface area contributed by atoms with Gasteiger partial charge in [0.25, 0.3) is 0 Å². The molecule has 4 aromatic carbocycles. The first-order valence-electron chi connectivity index (χ1n) is 8.21. The largest absolute Gasteiger partial charge is 0.508 e. The van der Waals surface area contributed by atoms with Crippen LogP contribution in [0.4, 0.5) is 0 Å². The second-order valence-corrected chi connectivity index (χ2v) is 6.13. The average molecular weight is 344 g/mol. The van der Waals surface area contributed by atoms with Crippen molar-refractivity contribution in [3.8, 4) is 11.5 Å². The molecule has 4 rings (SSSR count). The predicted molar refractivity (Wildman–Crippen MR) is 100 cm³/mol. The lowest BCUT2D eigenvalue weighted by atomic mass is 9.97. The minimum atomic E-state index is -0.444. The zero-order valence-electron chi connectivity index (χ0n) is 13.8. The van der Waals surface area contributed by atoms with E-state index >= 15 is 0 Å².